The first-order valence-corrected chi connectivity index (χ1v) is 4.00. The minimum absolute atomic E-state index is 0.517. The molecular weight excluding hydrogens is 188 g/mol. The Labute approximate surface area is 89.7 Å². The molecule has 0 saturated carbocycles. The van der Waals surface area contributed by atoms with Gasteiger partial charge in [-0.2, -0.15) is 0 Å². The summed E-state index contributed by atoms with van der Waals surface area (Å²) in [6, 6.07) is 0. The van der Waals surface area contributed by atoms with E-state index in [9.17, 15) is 4.79 Å². The predicted octanol–water partition coefficient (Wildman–Crippen LogP) is 0.748. The van der Waals surface area contributed by atoms with E-state index >= 15 is 0 Å². The van der Waals surface area contributed by atoms with E-state index in [0.717, 1.165) is 6.08 Å². The summed E-state index contributed by atoms with van der Waals surface area (Å²) in [5.74, 6) is 16.2. The molecule has 0 aliphatic rings. The van der Waals surface area contributed by atoms with Gasteiger partial charge in [0.2, 0.25) is 0 Å². The van der Waals surface area contributed by atoms with Crippen molar-refractivity contribution in [2.24, 2.45) is 0 Å². The Morgan fingerprint density at radius 1 is 1.33 bits per heavy atom. The summed E-state index contributed by atoms with van der Waals surface area (Å²) >= 11 is 0. The van der Waals surface area contributed by atoms with E-state index < -0.39 is 12.1 Å². The molecule has 0 N–H and O–H groups in total. The molecule has 0 aromatic rings. The molecule has 2 heteroatoms. The second-order valence-corrected chi connectivity index (χ2v) is 2.20. The molecule has 0 rings (SSSR count). The lowest BCUT2D eigenvalue weighted by Crippen LogP contribution is -2.10. The van der Waals surface area contributed by atoms with Gasteiger partial charge in [-0.15, -0.1) is 6.42 Å². The van der Waals surface area contributed by atoms with Crippen LogP contribution >= 0.6 is 0 Å². The highest BCUT2D eigenvalue weighted by molar-refractivity contribution is 5.81. The molecule has 0 aromatic heterocycles. The number of ether oxygens (including phenoxy) is 1. The Morgan fingerprint density at radius 2 is 1.93 bits per heavy atom. The summed E-state index contributed by atoms with van der Waals surface area (Å²) in [7, 11) is 0. The summed E-state index contributed by atoms with van der Waals surface area (Å²) in [4.78, 5) is 10.7. The van der Waals surface area contributed by atoms with E-state index in [4.69, 9.17) is 11.2 Å². The minimum Gasteiger partial charge on any atom is -0.446 e. The summed E-state index contributed by atoms with van der Waals surface area (Å²) in [6.45, 7) is 4.88. The largest absolute Gasteiger partial charge is 0.446 e. The molecule has 0 aliphatic heterocycles. The molecule has 0 amide bonds. The second-order valence-electron chi connectivity index (χ2n) is 2.20. The van der Waals surface area contributed by atoms with E-state index in [2.05, 4.69) is 48.0 Å². The number of carbonyl (C=O) groups is 1. The van der Waals surface area contributed by atoms with Crippen molar-refractivity contribution in [2.75, 3.05) is 0 Å². The van der Waals surface area contributed by atoms with Crippen molar-refractivity contribution in [2.45, 2.75) is 13.0 Å². The Hall–Kier alpha value is -2.55. The van der Waals surface area contributed by atoms with E-state index in [1.807, 2.05) is 0 Å². The van der Waals surface area contributed by atoms with Crippen LogP contribution in [0.5, 0.6) is 0 Å². The molecule has 0 spiro atoms. The Balaban J connectivity index is 4.17. The van der Waals surface area contributed by atoms with Crippen molar-refractivity contribution in [1.29, 1.82) is 0 Å². The Bertz CT molecular complexity index is 458. The minimum atomic E-state index is -0.523. The molecule has 0 radical (unpaired) electrons. The second kappa shape index (κ2) is 8.07. The van der Waals surface area contributed by atoms with Crippen LogP contribution in [0.1, 0.15) is 6.92 Å². The summed E-state index contributed by atoms with van der Waals surface area (Å²) in [5, 5.41) is 0. The Morgan fingerprint density at radius 3 is 2.53 bits per heavy atom. The van der Waals surface area contributed by atoms with Crippen LogP contribution in [0, 0.1) is 47.9 Å². The monoisotopic (exact) mass is 196 g/mol. The van der Waals surface area contributed by atoms with Gasteiger partial charge in [0.05, 0.1) is 0 Å². The molecule has 1 atom stereocenters. The van der Waals surface area contributed by atoms with Gasteiger partial charge in [0, 0.05) is 6.08 Å². The normalized spacial score (nSPS) is 8.27. The van der Waals surface area contributed by atoms with Gasteiger partial charge >= 0.3 is 5.97 Å². The Kier molecular flexibility index (Phi) is 6.70. The quantitative estimate of drug-likeness (QED) is 0.370. The van der Waals surface area contributed by atoms with Crippen LogP contribution in [0.4, 0.5) is 0 Å². The highest BCUT2D eigenvalue weighted by Gasteiger charge is 2.00. The number of rotatable bonds is 2. The topological polar surface area (TPSA) is 26.3 Å². The zero-order valence-corrected chi connectivity index (χ0v) is 8.26. The van der Waals surface area contributed by atoms with Crippen LogP contribution in [0.3, 0.4) is 0 Å². The number of carbonyl (C=O) groups excluding carboxylic acids is 1. The first kappa shape index (κ1) is 12.4. The van der Waals surface area contributed by atoms with Crippen LogP contribution in [0.2, 0.25) is 0 Å². The molecule has 0 bridgehead atoms. The number of hydrogen-bond donors (Lipinski definition) is 0. The number of esters is 1. The highest BCUT2D eigenvalue weighted by Crippen LogP contribution is 1.89. The summed E-state index contributed by atoms with van der Waals surface area (Å²) in [5.41, 5.74) is 0. The van der Waals surface area contributed by atoms with Crippen LogP contribution in [-0.4, -0.2) is 12.1 Å². The van der Waals surface area contributed by atoms with Gasteiger partial charge in [0.1, 0.15) is 0 Å². The maximum Gasteiger partial charge on any atom is 0.331 e. The number of hydrogen-bond acceptors (Lipinski definition) is 2. The van der Waals surface area contributed by atoms with Crippen LogP contribution < -0.4 is 0 Å². The van der Waals surface area contributed by atoms with E-state index in [1.54, 1.807) is 6.92 Å². The molecule has 0 fully saturated rings. The van der Waals surface area contributed by atoms with E-state index in [-0.39, 0.29) is 0 Å². The number of terminal acetylenes is 1. The van der Waals surface area contributed by atoms with Gasteiger partial charge < -0.3 is 4.74 Å². The van der Waals surface area contributed by atoms with Gasteiger partial charge in [-0.1, -0.05) is 6.58 Å². The summed E-state index contributed by atoms with van der Waals surface area (Å²) < 4.78 is 4.76. The maximum absolute atomic E-state index is 10.7. The third kappa shape index (κ3) is 7.80. The van der Waals surface area contributed by atoms with Crippen LogP contribution in [-0.2, 0) is 9.53 Å². The van der Waals surface area contributed by atoms with Crippen molar-refractivity contribution in [3.63, 3.8) is 0 Å². The summed E-state index contributed by atoms with van der Waals surface area (Å²) in [6.07, 6.45) is 5.42. The smallest absolute Gasteiger partial charge is 0.331 e. The molecule has 0 aromatic carbocycles. The molecule has 0 saturated heterocycles. The zero-order chi connectivity index (χ0) is 11.5. The zero-order valence-electron chi connectivity index (χ0n) is 8.26. The van der Waals surface area contributed by atoms with Gasteiger partial charge in [0.25, 0.3) is 0 Å². The first-order chi connectivity index (χ1) is 7.20. The molecule has 15 heavy (non-hydrogen) atoms. The maximum atomic E-state index is 10.7. The average Bonchev–Trinajstić information content (AvgIpc) is 2.23. The van der Waals surface area contributed by atoms with Gasteiger partial charge in [-0.25, -0.2) is 4.79 Å². The van der Waals surface area contributed by atoms with Crippen molar-refractivity contribution in [1.82, 2.24) is 0 Å². The van der Waals surface area contributed by atoms with Crippen molar-refractivity contribution in [3.8, 4) is 47.9 Å². The molecule has 2 nitrogen and oxygen atoms in total. The fourth-order valence-electron chi connectivity index (χ4n) is 0.519. The third-order valence-electron chi connectivity index (χ3n) is 1.06. The molecule has 0 aliphatic carbocycles. The van der Waals surface area contributed by atoms with E-state index in [0.29, 0.717) is 0 Å². The van der Waals surface area contributed by atoms with Crippen molar-refractivity contribution in [3.05, 3.63) is 12.7 Å². The standard InChI is InChI=1S/C13H8O2/c1-4-6-7-8-9-10-11-12(3)15-13(14)5-2/h1,5,12H,2H2,3H3. The van der Waals surface area contributed by atoms with Gasteiger partial charge in [0.15, 0.2) is 6.10 Å². The van der Waals surface area contributed by atoms with Crippen molar-refractivity contribution >= 4 is 5.97 Å². The molecule has 1 unspecified atom stereocenters. The molecule has 72 valence electrons. The lowest BCUT2D eigenvalue weighted by atomic mass is 10.4. The fourth-order valence-corrected chi connectivity index (χ4v) is 0.519. The molecule has 0 heterocycles. The lowest BCUT2D eigenvalue weighted by Gasteiger charge is -2.02. The first-order valence-electron chi connectivity index (χ1n) is 4.00. The van der Waals surface area contributed by atoms with E-state index in [1.165, 1.54) is 0 Å². The molecular formula is C13H8O2. The van der Waals surface area contributed by atoms with Gasteiger partial charge in [-0.05, 0) is 48.4 Å². The third-order valence-corrected chi connectivity index (χ3v) is 1.06. The lowest BCUT2D eigenvalue weighted by molar-refractivity contribution is -0.139. The van der Waals surface area contributed by atoms with Crippen LogP contribution in [0.25, 0.3) is 0 Å². The SMILES string of the molecule is C#CC#CC#CC#CC(C)OC(=O)C=C. The van der Waals surface area contributed by atoms with Gasteiger partial charge in [-0.3, -0.25) is 0 Å². The average molecular weight is 196 g/mol. The highest BCUT2D eigenvalue weighted by atomic mass is 16.5. The fraction of sp³-hybridized carbons (Fsp3) is 0.154. The van der Waals surface area contributed by atoms with Crippen LogP contribution in [0.15, 0.2) is 12.7 Å². The van der Waals surface area contributed by atoms with Crippen molar-refractivity contribution < 1.29 is 9.53 Å². The predicted molar refractivity (Wildman–Crippen MR) is 57.9 cm³/mol.